The van der Waals surface area contributed by atoms with E-state index in [1.807, 2.05) is 17.0 Å². The molecule has 2 aliphatic rings. The Morgan fingerprint density at radius 3 is 2.69 bits per heavy atom. The normalized spacial score (nSPS) is 20.2. The predicted molar refractivity (Wildman–Crippen MR) is 99.1 cm³/mol. The first-order valence-electron chi connectivity index (χ1n) is 9.61. The van der Waals surface area contributed by atoms with Crippen LogP contribution in [0.5, 0.6) is 5.75 Å². The van der Waals surface area contributed by atoms with E-state index in [4.69, 9.17) is 0 Å². The van der Waals surface area contributed by atoms with Crippen LogP contribution < -0.4 is 0 Å². The second kappa shape index (κ2) is 7.44. The number of aryl methyl sites for hydroxylation is 1. The van der Waals surface area contributed by atoms with Gasteiger partial charge in [0.15, 0.2) is 0 Å². The smallest absolute Gasteiger partial charge is 0.257 e. The molecule has 1 aromatic heterocycles. The zero-order chi connectivity index (χ0) is 17.9. The number of hydrogen-bond donors (Lipinski definition) is 1. The van der Waals surface area contributed by atoms with Crippen LogP contribution in [-0.4, -0.2) is 38.5 Å². The van der Waals surface area contributed by atoms with Crippen LogP contribution in [0.15, 0.2) is 36.7 Å². The quantitative estimate of drug-likeness (QED) is 0.892. The Kier molecular flexibility index (Phi) is 4.87. The zero-order valence-corrected chi connectivity index (χ0v) is 15.0. The minimum Gasteiger partial charge on any atom is -0.508 e. The number of carbonyl (C=O) groups excluding carboxylic acids is 1. The van der Waals surface area contributed by atoms with E-state index in [1.165, 1.54) is 0 Å². The van der Waals surface area contributed by atoms with Crippen molar-refractivity contribution in [3.8, 4) is 5.75 Å². The van der Waals surface area contributed by atoms with Gasteiger partial charge in [0.05, 0.1) is 5.56 Å². The predicted octanol–water partition coefficient (Wildman–Crippen LogP) is 3.69. The van der Waals surface area contributed by atoms with Gasteiger partial charge in [0, 0.05) is 30.9 Å². The second-order valence-corrected chi connectivity index (χ2v) is 7.46. The Bertz CT molecular complexity index is 771. The number of aromatic nitrogens is 2. The fraction of sp³-hybridized carbons (Fsp3) is 0.476. The van der Waals surface area contributed by atoms with E-state index >= 15 is 0 Å². The zero-order valence-electron chi connectivity index (χ0n) is 15.0. The van der Waals surface area contributed by atoms with Crippen LogP contribution in [0.25, 0.3) is 0 Å². The SMILES string of the molecule is O=C(c1cnc(C2CC2)nc1)N1CCCCC1CCc1cccc(O)c1. The third-order valence-corrected chi connectivity index (χ3v) is 5.43. The van der Waals surface area contributed by atoms with Gasteiger partial charge in [-0.05, 0) is 62.6 Å². The van der Waals surface area contributed by atoms with Gasteiger partial charge in [-0.3, -0.25) is 4.79 Å². The summed E-state index contributed by atoms with van der Waals surface area (Å²) in [6, 6.07) is 7.62. The average Bonchev–Trinajstić information content (AvgIpc) is 3.52. The lowest BCUT2D eigenvalue weighted by Gasteiger charge is -2.36. The van der Waals surface area contributed by atoms with Gasteiger partial charge in [0.25, 0.3) is 5.91 Å². The van der Waals surface area contributed by atoms with Gasteiger partial charge in [0.1, 0.15) is 11.6 Å². The van der Waals surface area contributed by atoms with Crippen molar-refractivity contribution in [3.63, 3.8) is 0 Å². The number of nitrogens with zero attached hydrogens (tertiary/aromatic N) is 3. The number of aromatic hydroxyl groups is 1. The highest BCUT2D eigenvalue weighted by molar-refractivity contribution is 5.93. The van der Waals surface area contributed by atoms with Gasteiger partial charge in [-0.1, -0.05) is 12.1 Å². The topological polar surface area (TPSA) is 66.3 Å². The number of hydrogen-bond acceptors (Lipinski definition) is 4. The first-order valence-corrected chi connectivity index (χ1v) is 9.61. The van der Waals surface area contributed by atoms with Crippen molar-refractivity contribution in [2.24, 2.45) is 0 Å². The highest BCUT2D eigenvalue weighted by Crippen LogP contribution is 2.37. The summed E-state index contributed by atoms with van der Waals surface area (Å²) in [4.78, 5) is 23.8. The highest BCUT2D eigenvalue weighted by Gasteiger charge is 2.29. The fourth-order valence-electron chi connectivity index (χ4n) is 3.78. The van der Waals surface area contributed by atoms with Crippen LogP contribution >= 0.6 is 0 Å². The van der Waals surface area contributed by atoms with Crippen LogP contribution in [0, 0.1) is 0 Å². The molecule has 5 nitrogen and oxygen atoms in total. The van der Waals surface area contributed by atoms with Crippen molar-refractivity contribution in [2.75, 3.05) is 6.54 Å². The summed E-state index contributed by atoms with van der Waals surface area (Å²) in [6.45, 7) is 0.800. The third-order valence-electron chi connectivity index (χ3n) is 5.43. The molecule has 0 spiro atoms. The third kappa shape index (κ3) is 3.87. The number of phenols is 1. The number of likely N-dealkylation sites (tertiary alicyclic amines) is 1. The summed E-state index contributed by atoms with van der Waals surface area (Å²) in [5, 5.41) is 9.63. The van der Waals surface area contributed by atoms with Gasteiger partial charge in [-0.25, -0.2) is 9.97 Å². The Hall–Kier alpha value is -2.43. The summed E-state index contributed by atoms with van der Waals surface area (Å²) in [5.74, 6) is 1.73. The van der Waals surface area contributed by atoms with Gasteiger partial charge >= 0.3 is 0 Å². The number of amides is 1. The van der Waals surface area contributed by atoms with E-state index in [9.17, 15) is 9.90 Å². The number of piperidine rings is 1. The Morgan fingerprint density at radius 2 is 1.96 bits per heavy atom. The number of rotatable bonds is 5. The molecular weight excluding hydrogens is 326 g/mol. The fourth-order valence-corrected chi connectivity index (χ4v) is 3.78. The molecule has 1 atom stereocenters. The van der Waals surface area contributed by atoms with Crippen LogP contribution in [-0.2, 0) is 6.42 Å². The van der Waals surface area contributed by atoms with Gasteiger partial charge in [0.2, 0.25) is 0 Å². The first kappa shape index (κ1) is 17.0. The molecule has 1 aliphatic heterocycles. The molecule has 2 fully saturated rings. The molecule has 2 aromatic rings. The van der Waals surface area contributed by atoms with Crippen molar-refractivity contribution >= 4 is 5.91 Å². The van der Waals surface area contributed by atoms with E-state index < -0.39 is 0 Å². The molecule has 1 saturated carbocycles. The Morgan fingerprint density at radius 1 is 1.15 bits per heavy atom. The molecule has 1 aliphatic carbocycles. The molecule has 4 rings (SSSR count). The molecule has 5 heteroatoms. The minimum absolute atomic E-state index is 0.0490. The summed E-state index contributed by atoms with van der Waals surface area (Å²) in [5.41, 5.74) is 1.71. The highest BCUT2D eigenvalue weighted by atomic mass is 16.3. The standard InChI is InChI=1S/C21H25N3O2/c25-19-6-3-4-15(12-19)7-10-18-5-1-2-11-24(18)21(26)17-13-22-20(23-14-17)16-8-9-16/h3-4,6,12-14,16,18,25H,1-2,5,7-11H2. The summed E-state index contributed by atoms with van der Waals surface area (Å²) < 4.78 is 0. The molecule has 1 saturated heterocycles. The first-order chi connectivity index (χ1) is 12.7. The molecule has 26 heavy (non-hydrogen) atoms. The van der Waals surface area contributed by atoms with E-state index in [-0.39, 0.29) is 11.9 Å². The molecule has 1 amide bonds. The lowest BCUT2D eigenvalue weighted by molar-refractivity contribution is 0.0601. The summed E-state index contributed by atoms with van der Waals surface area (Å²) in [7, 11) is 0. The minimum atomic E-state index is 0.0490. The number of benzene rings is 1. The number of carbonyl (C=O) groups is 1. The van der Waals surface area contributed by atoms with E-state index in [0.29, 0.717) is 17.2 Å². The maximum atomic E-state index is 13.0. The Labute approximate surface area is 154 Å². The molecule has 136 valence electrons. The van der Waals surface area contributed by atoms with Crippen LogP contribution in [0.3, 0.4) is 0 Å². The molecule has 1 aromatic carbocycles. The molecule has 1 unspecified atom stereocenters. The van der Waals surface area contributed by atoms with Crippen LogP contribution in [0.1, 0.15) is 66.2 Å². The summed E-state index contributed by atoms with van der Waals surface area (Å²) >= 11 is 0. The molecule has 0 bridgehead atoms. The van der Waals surface area contributed by atoms with Gasteiger partial charge < -0.3 is 10.0 Å². The van der Waals surface area contributed by atoms with E-state index in [0.717, 1.165) is 62.9 Å². The van der Waals surface area contributed by atoms with Crippen LogP contribution in [0.4, 0.5) is 0 Å². The van der Waals surface area contributed by atoms with Crippen molar-refractivity contribution in [2.45, 2.75) is 56.9 Å². The molecule has 1 N–H and O–H groups in total. The van der Waals surface area contributed by atoms with Gasteiger partial charge in [-0.2, -0.15) is 0 Å². The van der Waals surface area contributed by atoms with Crippen LogP contribution in [0.2, 0.25) is 0 Å². The van der Waals surface area contributed by atoms with E-state index in [2.05, 4.69) is 9.97 Å². The lowest BCUT2D eigenvalue weighted by atomic mass is 9.95. The van der Waals surface area contributed by atoms with Crippen molar-refractivity contribution < 1.29 is 9.90 Å². The second-order valence-electron chi connectivity index (χ2n) is 7.46. The van der Waals surface area contributed by atoms with Crippen molar-refractivity contribution in [3.05, 3.63) is 53.6 Å². The van der Waals surface area contributed by atoms with Crippen molar-refractivity contribution in [1.29, 1.82) is 0 Å². The van der Waals surface area contributed by atoms with E-state index in [1.54, 1.807) is 24.5 Å². The van der Waals surface area contributed by atoms with Gasteiger partial charge in [-0.15, -0.1) is 0 Å². The summed E-state index contributed by atoms with van der Waals surface area (Å²) in [6.07, 6.45) is 10.7. The molecular formula is C21H25N3O2. The number of phenolic OH excluding ortho intramolecular Hbond substituents is 1. The monoisotopic (exact) mass is 351 g/mol. The average molecular weight is 351 g/mol. The Balaban J connectivity index is 1.43. The molecule has 0 radical (unpaired) electrons. The maximum Gasteiger partial charge on any atom is 0.257 e. The van der Waals surface area contributed by atoms with Crippen molar-refractivity contribution in [1.82, 2.24) is 14.9 Å². The lowest BCUT2D eigenvalue weighted by Crippen LogP contribution is -2.44. The maximum absolute atomic E-state index is 13.0. The largest absolute Gasteiger partial charge is 0.508 e. The molecule has 2 heterocycles.